The molecule has 4 rings (SSSR count). The molecule has 2 aromatic rings. The number of aliphatic hydroxyl groups is 1. The normalized spacial score (nSPS) is 17.0. The molecule has 148 valence electrons. The molecule has 2 aromatic carbocycles. The van der Waals surface area contributed by atoms with Crippen molar-refractivity contribution >= 4 is 23.1 Å². The SMILES string of the molecule is Cc1ccc(C2=C(C3=C(O)C=C(Cl)CC3)CCCc3cc(C(=O)O)ccc32)cc1. The number of hydrogen-bond acceptors (Lipinski definition) is 2. The van der Waals surface area contributed by atoms with Gasteiger partial charge in [0.15, 0.2) is 0 Å². The van der Waals surface area contributed by atoms with Gasteiger partial charge in [-0.3, -0.25) is 0 Å². The van der Waals surface area contributed by atoms with Crippen LogP contribution in [0, 0.1) is 6.92 Å². The molecule has 2 aliphatic carbocycles. The smallest absolute Gasteiger partial charge is 0.335 e. The first-order chi connectivity index (χ1) is 13.9. The molecule has 4 heteroatoms. The van der Waals surface area contributed by atoms with Crippen molar-refractivity contribution in [2.45, 2.75) is 39.0 Å². The van der Waals surface area contributed by atoms with E-state index in [9.17, 15) is 15.0 Å². The summed E-state index contributed by atoms with van der Waals surface area (Å²) in [6.45, 7) is 2.06. The molecule has 0 aromatic heterocycles. The minimum absolute atomic E-state index is 0.242. The van der Waals surface area contributed by atoms with Crippen molar-refractivity contribution in [3.8, 4) is 0 Å². The third kappa shape index (κ3) is 3.88. The van der Waals surface area contributed by atoms with Gasteiger partial charge in [-0.2, -0.15) is 0 Å². The fourth-order valence-corrected chi connectivity index (χ4v) is 4.46. The predicted molar refractivity (Wildman–Crippen MR) is 116 cm³/mol. The Kier molecular flexibility index (Phi) is 5.33. The molecule has 0 saturated heterocycles. The van der Waals surface area contributed by atoms with Crippen LogP contribution < -0.4 is 0 Å². The van der Waals surface area contributed by atoms with Crippen molar-refractivity contribution in [2.24, 2.45) is 0 Å². The van der Waals surface area contributed by atoms with Gasteiger partial charge in [0.2, 0.25) is 0 Å². The third-order valence-electron chi connectivity index (χ3n) is 5.72. The molecule has 0 bridgehead atoms. The average molecular weight is 407 g/mol. The molecular formula is C25H23ClO3. The number of aryl methyl sites for hydroxylation is 2. The van der Waals surface area contributed by atoms with Gasteiger partial charge < -0.3 is 10.2 Å². The summed E-state index contributed by atoms with van der Waals surface area (Å²) in [4.78, 5) is 11.5. The Hall–Kier alpha value is -2.78. The Morgan fingerprint density at radius 2 is 1.72 bits per heavy atom. The number of allylic oxidation sites excluding steroid dienone is 4. The van der Waals surface area contributed by atoms with E-state index in [-0.39, 0.29) is 5.76 Å². The highest BCUT2D eigenvalue weighted by Crippen LogP contribution is 2.42. The fraction of sp³-hybridized carbons (Fsp3) is 0.240. The second-order valence-electron chi connectivity index (χ2n) is 7.71. The Labute approximate surface area is 175 Å². The Morgan fingerprint density at radius 3 is 2.41 bits per heavy atom. The number of aliphatic hydroxyl groups excluding tert-OH is 1. The van der Waals surface area contributed by atoms with Crippen LogP contribution in [0.1, 0.15) is 58.3 Å². The predicted octanol–water partition coefficient (Wildman–Crippen LogP) is 6.56. The van der Waals surface area contributed by atoms with Crippen LogP contribution in [0.2, 0.25) is 0 Å². The molecule has 0 spiro atoms. The number of aromatic carboxylic acids is 1. The van der Waals surface area contributed by atoms with Gasteiger partial charge in [0, 0.05) is 5.03 Å². The standard InChI is InChI=1S/C25H23ClO3/c1-15-5-7-16(8-6-15)24-20-11-9-18(25(28)29)13-17(20)3-2-4-22(24)21-12-10-19(26)14-23(21)27/h5-9,11,13-14,27H,2-4,10,12H2,1H3,(H,28,29). The number of fused-ring (bicyclic) bond motifs is 1. The molecule has 0 heterocycles. The van der Waals surface area contributed by atoms with Crippen LogP contribution in [0.4, 0.5) is 0 Å². The van der Waals surface area contributed by atoms with Crippen molar-refractivity contribution in [3.05, 3.63) is 98.3 Å². The zero-order valence-corrected chi connectivity index (χ0v) is 17.1. The van der Waals surface area contributed by atoms with E-state index in [0.717, 1.165) is 59.1 Å². The number of carboxylic acid groups (broad SMARTS) is 1. The molecule has 29 heavy (non-hydrogen) atoms. The lowest BCUT2D eigenvalue weighted by Gasteiger charge is -2.21. The van der Waals surface area contributed by atoms with Crippen molar-refractivity contribution in [2.75, 3.05) is 0 Å². The molecule has 0 unspecified atom stereocenters. The minimum atomic E-state index is -0.912. The lowest BCUT2D eigenvalue weighted by Crippen LogP contribution is -2.04. The van der Waals surface area contributed by atoms with Crippen LogP contribution in [0.15, 0.2) is 70.5 Å². The summed E-state index contributed by atoms with van der Waals surface area (Å²) < 4.78 is 0. The van der Waals surface area contributed by atoms with Gasteiger partial charge in [-0.05, 0) is 90.6 Å². The third-order valence-corrected chi connectivity index (χ3v) is 6.02. The van der Waals surface area contributed by atoms with E-state index in [1.807, 2.05) is 6.07 Å². The number of halogens is 1. The molecular weight excluding hydrogens is 384 g/mol. The highest BCUT2D eigenvalue weighted by molar-refractivity contribution is 6.29. The quantitative estimate of drug-likeness (QED) is 0.606. The van der Waals surface area contributed by atoms with Gasteiger partial charge in [0.1, 0.15) is 5.76 Å². The molecule has 2 N–H and O–H groups in total. The molecule has 0 atom stereocenters. The van der Waals surface area contributed by atoms with E-state index < -0.39 is 5.97 Å². The summed E-state index contributed by atoms with van der Waals surface area (Å²) in [5.41, 5.74) is 7.83. The van der Waals surface area contributed by atoms with Crippen molar-refractivity contribution in [3.63, 3.8) is 0 Å². The van der Waals surface area contributed by atoms with Crippen molar-refractivity contribution in [1.82, 2.24) is 0 Å². The monoisotopic (exact) mass is 406 g/mol. The fourth-order valence-electron chi connectivity index (χ4n) is 4.26. The zero-order chi connectivity index (χ0) is 20.5. The summed E-state index contributed by atoms with van der Waals surface area (Å²) in [6, 6.07) is 13.8. The lowest BCUT2D eigenvalue weighted by atomic mass is 9.84. The molecule has 0 aliphatic heterocycles. The maximum atomic E-state index is 11.5. The number of benzene rings is 2. The minimum Gasteiger partial charge on any atom is -0.508 e. The maximum absolute atomic E-state index is 11.5. The van der Waals surface area contributed by atoms with Crippen molar-refractivity contribution in [1.29, 1.82) is 0 Å². The van der Waals surface area contributed by atoms with E-state index >= 15 is 0 Å². The van der Waals surface area contributed by atoms with Gasteiger partial charge in [-0.1, -0.05) is 47.5 Å². The van der Waals surface area contributed by atoms with Gasteiger partial charge in [0.25, 0.3) is 0 Å². The van der Waals surface area contributed by atoms with Crippen LogP contribution in [-0.2, 0) is 6.42 Å². The van der Waals surface area contributed by atoms with E-state index in [2.05, 4.69) is 31.2 Å². The number of hydrogen-bond donors (Lipinski definition) is 2. The van der Waals surface area contributed by atoms with Crippen LogP contribution in [0.3, 0.4) is 0 Å². The molecule has 0 radical (unpaired) electrons. The molecule has 3 nitrogen and oxygen atoms in total. The van der Waals surface area contributed by atoms with E-state index in [4.69, 9.17) is 11.6 Å². The van der Waals surface area contributed by atoms with E-state index in [0.29, 0.717) is 17.0 Å². The first-order valence-electron chi connectivity index (χ1n) is 9.89. The van der Waals surface area contributed by atoms with Gasteiger partial charge >= 0.3 is 5.97 Å². The topological polar surface area (TPSA) is 57.5 Å². The summed E-state index contributed by atoms with van der Waals surface area (Å²) in [6.07, 6.45) is 5.60. The van der Waals surface area contributed by atoms with Gasteiger partial charge in [-0.25, -0.2) is 4.79 Å². The maximum Gasteiger partial charge on any atom is 0.335 e. The largest absolute Gasteiger partial charge is 0.508 e. The van der Waals surface area contributed by atoms with E-state index in [1.54, 1.807) is 18.2 Å². The lowest BCUT2D eigenvalue weighted by molar-refractivity contribution is 0.0696. The Balaban J connectivity index is 1.99. The molecule has 0 amide bonds. The first kappa shape index (κ1) is 19.5. The molecule has 0 fully saturated rings. The highest BCUT2D eigenvalue weighted by Gasteiger charge is 2.25. The average Bonchev–Trinajstić information content (AvgIpc) is 2.87. The molecule has 0 saturated carbocycles. The van der Waals surface area contributed by atoms with Crippen LogP contribution in [-0.4, -0.2) is 16.2 Å². The Morgan fingerprint density at radius 1 is 0.966 bits per heavy atom. The molecule has 2 aliphatic rings. The number of carboxylic acids is 1. The van der Waals surface area contributed by atoms with E-state index in [1.165, 1.54) is 5.56 Å². The summed E-state index contributed by atoms with van der Waals surface area (Å²) >= 11 is 6.14. The second-order valence-corrected chi connectivity index (χ2v) is 8.19. The van der Waals surface area contributed by atoms with Crippen molar-refractivity contribution < 1.29 is 15.0 Å². The van der Waals surface area contributed by atoms with Crippen LogP contribution in [0.5, 0.6) is 0 Å². The zero-order valence-electron chi connectivity index (χ0n) is 16.3. The van der Waals surface area contributed by atoms with Crippen LogP contribution in [0.25, 0.3) is 5.57 Å². The van der Waals surface area contributed by atoms with Gasteiger partial charge in [-0.15, -0.1) is 0 Å². The highest BCUT2D eigenvalue weighted by atomic mass is 35.5. The summed E-state index contributed by atoms with van der Waals surface area (Å²) in [7, 11) is 0. The summed E-state index contributed by atoms with van der Waals surface area (Å²) in [5.74, 6) is -0.669. The summed E-state index contributed by atoms with van der Waals surface area (Å²) in [5, 5.41) is 20.7. The van der Waals surface area contributed by atoms with Gasteiger partial charge in [0.05, 0.1) is 5.56 Å². The number of rotatable bonds is 3. The Bertz CT molecular complexity index is 1070. The number of carbonyl (C=O) groups is 1. The van der Waals surface area contributed by atoms with Crippen LogP contribution >= 0.6 is 11.6 Å². The second kappa shape index (κ2) is 7.92. The first-order valence-corrected chi connectivity index (χ1v) is 10.3.